The maximum absolute atomic E-state index is 2.38. The van der Waals surface area contributed by atoms with Crippen LogP contribution >= 0.6 is 0 Å². The van der Waals surface area contributed by atoms with Crippen molar-refractivity contribution in [3.63, 3.8) is 0 Å². The molecule has 0 bridgehead atoms. The van der Waals surface area contributed by atoms with Crippen molar-refractivity contribution in [1.29, 1.82) is 0 Å². The summed E-state index contributed by atoms with van der Waals surface area (Å²) in [5.74, 6) is 0.900. The monoisotopic (exact) mass is 108 g/mol. The van der Waals surface area contributed by atoms with E-state index in [0.717, 1.165) is 5.92 Å². The van der Waals surface area contributed by atoms with E-state index in [1.165, 1.54) is 6.42 Å². The van der Waals surface area contributed by atoms with E-state index in [4.69, 9.17) is 0 Å². The lowest BCUT2D eigenvalue weighted by Gasteiger charge is -2.27. The summed E-state index contributed by atoms with van der Waals surface area (Å²) < 4.78 is 0. The van der Waals surface area contributed by atoms with Crippen LogP contribution < -0.4 is 0 Å². The molecule has 0 N–H and O–H groups in total. The standard InChI is InChI=1S/C8H12/c1-5-6(2)8(3)4-7(5)8/h6H,4H2,1-3H3. The maximum Gasteiger partial charge on any atom is -0.00132 e. The van der Waals surface area contributed by atoms with Crippen molar-refractivity contribution in [1.82, 2.24) is 0 Å². The lowest BCUT2D eigenvalue weighted by molar-refractivity contribution is 0.400. The highest BCUT2D eigenvalue weighted by Gasteiger charge is 2.57. The SMILES string of the molecule is CC1=C2CC2(C)C1C. The van der Waals surface area contributed by atoms with Crippen molar-refractivity contribution in [3.05, 3.63) is 11.1 Å². The van der Waals surface area contributed by atoms with Crippen LogP contribution in [0.3, 0.4) is 0 Å². The van der Waals surface area contributed by atoms with Gasteiger partial charge in [0.1, 0.15) is 0 Å². The molecule has 2 atom stereocenters. The summed E-state index contributed by atoms with van der Waals surface area (Å²) in [6.07, 6.45) is 1.40. The van der Waals surface area contributed by atoms with E-state index in [9.17, 15) is 0 Å². The third kappa shape index (κ3) is 0.249. The summed E-state index contributed by atoms with van der Waals surface area (Å²) in [7, 11) is 0. The molecule has 8 heavy (non-hydrogen) atoms. The smallest absolute Gasteiger partial charge is 0.00132 e. The van der Waals surface area contributed by atoms with Crippen molar-refractivity contribution in [2.75, 3.05) is 0 Å². The normalized spacial score (nSPS) is 50.6. The summed E-state index contributed by atoms with van der Waals surface area (Å²) in [6, 6.07) is 0. The van der Waals surface area contributed by atoms with E-state index in [2.05, 4.69) is 20.8 Å². The molecule has 0 nitrogen and oxygen atoms in total. The van der Waals surface area contributed by atoms with Crippen LogP contribution in [0.25, 0.3) is 0 Å². The molecule has 0 radical (unpaired) electrons. The Morgan fingerprint density at radius 3 is 2.38 bits per heavy atom. The van der Waals surface area contributed by atoms with Gasteiger partial charge in [0.2, 0.25) is 0 Å². The van der Waals surface area contributed by atoms with Crippen LogP contribution in [0.15, 0.2) is 11.1 Å². The highest BCUT2D eigenvalue weighted by Crippen LogP contribution is 2.69. The molecular formula is C8H12. The molecular weight excluding hydrogens is 96.1 g/mol. The Morgan fingerprint density at radius 2 is 2.25 bits per heavy atom. The molecule has 0 heterocycles. The fourth-order valence-corrected chi connectivity index (χ4v) is 1.99. The second kappa shape index (κ2) is 0.896. The van der Waals surface area contributed by atoms with Gasteiger partial charge in [0.25, 0.3) is 0 Å². The van der Waals surface area contributed by atoms with Crippen LogP contribution in [0.5, 0.6) is 0 Å². The minimum Gasteiger partial charge on any atom is -0.0698 e. The summed E-state index contributed by atoms with van der Waals surface area (Å²) >= 11 is 0. The summed E-state index contributed by atoms with van der Waals surface area (Å²) in [4.78, 5) is 0. The van der Waals surface area contributed by atoms with Gasteiger partial charge in [-0.25, -0.2) is 0 Å². The van der Waals surface area contributed by atoms with Crippen molar-refractivity contribution < 1.29 is 0 Å². The van der Waals surface area contributed by atoms with Gasteiger partial charge >= 0.3 is 0 Å². The second-order valence-corrected chi connectivity index (χ2v) is 3.48. The van der Waals surface area contributed by atoms with E-state index in [1.807, 2.05) is 0 Å². The van der Waals surface area contributed by atoms with Gasteiger partial charge < -0.3 is 0 Å². The predicted molar refractivity (Wildman–Crippen MR) is 34.6 cm³/mol. The fourth-order valence-electron chi connectivity index (χ4n) is 1.99. The molecule has 0 aromatic heterocycles. The summed E-state index contributed by atoms with van der Waals surface area (Å²) in [5, 5.41) is 0. The van der Waals surface area contributed by atoms with Gasteiger partial charge in [0.15, 0.2) is 0 Å². The molecule has 0 aliphatic heterocycles. The zero-order chi connectivity index (χ0) is 5.94. The van der Waals surface area contributed by atoms with Gasteiger partial charge in [-0.15, -0.1) is 0 Å². The lowest BCUT2D eigenvalue weighted by atomic mass is 9.77. The first-order valence-corrected chi connectivity index (χ1v) is 3.36. The van der Waals surface area contributed by atoms with Crippen molar-refractivity contribution in [3.8, 4) is 0 Å². The van der Waals surface area contributed by atoms with Gasteiger partial charge in [-0.05, 0) is 24.7 Å². The molecule has 2 rings (SSSR count). The quantitative estimate of drug-likeness (QED) is 0.418. The number of rotatable bonds is 0. The number of hydrogen-bond acceptors (Lipinski definition) is 0. The van der Waals surface area contributed by atoms with Crippen LogP contribution in [0, 0.1) is 11.3 Å². The third-order valence-corrected chi connectivity index (χ3v) is 3.19. The van der Waals surface area contributed by atoms with E-state index >= 15 is 0 Å². The average molecular weight is 108 g/mol. The first-order chi connectivity index (χ1) is 3.66. The van der Waals surface area contributed by atoms with Gasteiger partial charge in [-0.2, -0.15) is 0 Å². The Hall–Kier alpha value is -0.260. The molecule has 1 saturated carbocycles. The minimum absolute atomic E-state index is 0.698. The molecule has 0 saturated heterocycles. The highest BCUT2D eigenvalue weighted by molar-refractivity contribution is 5.49. The molecule has 0 amide bonds. The van der Waals surface area contributed by atoms with Gasteiger partial charge in [-0.3, -0.25) is 0 Å². The molecule has 0 aromatic rings. The van der Waals surface area contributed by atoms with Gasteiger partial charge in [0, 0.05) is 0 Å². The summed E-state index contributed by atoms with van der Waals surface area (Å²) in [5.41, 5.74) is 4.13. The van der Waals surface area contributed by atoms with E-state index in [1.54, 1.807) is 11.1 Å². The molecule has 0 aromatic carbocycles. The Balaban J connectivity index is 2.41. The molecule has 44 valence electrons. The Labute approximate surface area is 50.6 Å². The Kier molecular flexibility index (Phi) is 0.516. The zero-order valence-electron chi connectivity index (χ0n) is 5.78. The van der Waals surface area contributed by atoms with Crippen molar-refractivity contribution >= 4 is 0 Å². The molecule has 0 spiro atoms. The second-order valence-electron chi connectivity index (χ2n) is 3.48. The zero-order valence-corrected chi connectivity index (χ0v) is 5.78. The molecule has 2 aliphatic carbocycles. The van der Waals surface area contributed by atoms with E-state index in [-0.39, 0.29) is 0 Å². The molecule has 2 aliphatic rings. The fraction of sp³-hybridized carbons (Fsp3) is 0.750. The van der Waals surface area contributed by atoms with Gasteiger partial charge in [-0.1, -0.05) is 25.0 Å². The topological polar surface area (TPSA) is 0 Å². The number of hydrogen-bond donors (Lipinski definition) is 0. The van der Waals surface area contributed by atoms with Crippen LogP contribution in [0.2, 0.25) is 0 Å². The van der Waals surface area contributed by atoms with Gasteiger partial charge in [0.05, 0.1) is 0 Å². The third-order valence-electron chi connectivity index (χ3n) is 3.19. The largest absolute Gasteiger partial charge is 0.0698 e. The Morgan fingerprint density at radius 1 is 1.62 bits per heavy atom. The predicted octanol–water partition coefficient (Wildman–Crippen LogP) is 2.36. The summed E-state index contributed by atoms with van der Waals surface area (Å²) in [6.45, 7) is 6.99. The first kappa shape index (κ1) is 4.60. The minimum atomic E-state index is 0.698. The Bertz CT molecular complexity index is 176. The average Bonchev–Trinajstić information content (AvgIpc) is 2.39. The lowest BCUT2D eigenvalue weighted by Crippen LogP contribution is -2.18. The number of fused-ring (bicyclic) bond motifs is 1. The van der Waals surface area contributed by atoms with Crippen molar-refractivity contribution in [2.45, 2.75) is 27.2 Å². The molecule has 2 unspecified atom stereocenters. The van der Waals surface area contributed by atoms with Crippen LogP contribution in [-0.2, 0) is 0 Å². The van der Waals surface area contributed by atoms with Crippen LogP contribution in [0.4, 0.5) is 0 Å². The van der Waals surface area contributed by atoms with Crippen LogP contribution in [-0.4, -0.2) is 0 Å². The van der Waals surface area contributed by atoms with Crippen LogP contribution in [0.1, 0.15) is 27.2 Å². The first-order valence-electron chi connectivity index (χ1n) is 3.36. The maximum atomic E-state index is 2.38. The molecule has 1 fully saturated rings. The molecule has 0 heteroatoms. The highest BCUT2D eigenvalue weighted by atomic mass is 14.6. The van der Waals surface area contributed by atoms with Crippen molar-refractivity contribution in [2.24, 2.45) is 11.3 Å². The van der Waals surface area contributed by atoms with E-state index < -0.39 is 0 Å². The number of allylic oxidation sites excluding steroid dienone is 2. The van der Waals surface area contributed by atoms with E-state index in [0.29, 0.717) is 5.41 Å².